The summed E-state index contributed by atoms with van der Waals surface area (Å²) in [5, 5.41) is 4.05. The number of anilines is 1. The van der Waals surface area contributed by atoms with Gasteiger partial charge in [0.25, 0.3) is 0 Å². The molecule has 1 aromatic heterocycles. The van der Waals surface area contributed by atoms with Gasteiger partial charge in [-0.2, -0.15) is 0 Å². The van der Waals surface area contributed by atoms with Crippen molar-refractivity contribution in [1.82, 2.24) is 0 Å². The van der Waals surface area contributed by atoms with E-state index in [1.165, 1.54) is 6.07 Å². The molecule has 6 heteroatoms. The minimum absolute atomic E-state index is 0.365. The summed E-state index contributed by atoms with van der Waals surface area (Å²) in [5.41, 5.74) is 8.25. The van der Waals surface area contributed by atoms with Crippen molar-refractivity contribution in [2.75, 3.05) is 12.4 Å². The number of amides is 1. The molecule has 0 radical (unpaired) electrons. The molecule has 3 N–H and O–H groups in total. The van der Waals surface area contributed by atoms with Crippen molar-refractivity contribution in [1.29, 1.82) is 0 Å². The summed E-state index contributed by atoms with van der Waals surface area (Å²) in [6.45, 7) is 2.30. The Hall–Kier alpha value is -3.28. The monoisotopic (exact) mass is 338 g/mol. The van der Waals surface area contributed by atoms with Gasteiger partial charge in [-0.1, -0.05) is 12.1 Å². The number of nitrogens with two attached hydrogens (primary N) is 1. The SMILES string of the molecule is COc1ccc(C(N)=O)cc1NCc1cc(=O)oc2cc(C)ccc12. The summed E-state index contributed by atoms with van der Waals surface area (Å²) in [6, 6.07) is 12.1. The van der Waals surface area contributed by atoms with Crippen molar-refractivity contribution in [3.05, 3.63) is 69.6 Å². The molecular weight excluding hydrogens is 320 g/mol. The summed E-state index contributed by atoms with van der Waals surface area (Å²) in [5.74, 6) is 0.0556. The summed E-state index contributed by atoms with van der Waals surface area (Å²) >= 11 is 0. The van der Waals surface area contributed by atoms with Crippen molar-refractivity contribution in [3.8, 4) is 5.75 Å². The summed E-state index contributed by atoms with van der Waals surface area (Å²) in [7, 11) is 1.54. The number of rotatable bonds is 5. The van der Waals surface area contributed by atoms with Crippen LogP contribution in [0.15, 0.2) is 51.7 Å². The standard InChI is InChI=1S/C19H18N2O4/c1-11-3-5-14-13(9-18(22)25-17(14)7-11)10-21-15-8-12(19(20)23)4-6-16(15)24-2/h3-9,21H,10H2,1-2H3,(H2,20,23). The molecule has 1 amide bonds. The number of carbonyl (C=O) groups is 1. The predicted octanol–water partition coefficient (Wildman–Crippen LogP) is 2.82. The van der Waals surface area contributed by atoms with E-state index in [4.69, 9.17) is 14.9 Å². The van der Waals surface area contributed by atoms with Gasteiger partial charge in [0.1, 0.15) is 11.3 Å². The van der Waals surface area contributed by atoms with Crippen LogP contribution < -0.4 is 21.4 Å². The Bertz CT molecular complexity index is 1010. The van der Waals surface area contributed by atoms with Gasteiger partial charge < -0.3 is 20.2 Å². The zero-order valence-corrected chi connectivity index (χ0v) is 14.0. The van der Waals surface area contributed by atoms with Gasteiger partial charge in [-0.25, -0.2) is 4.79 Å². The van der Waals surface area contributed by atoms with Gasteiger partial charge in [-0.3, -0.25) is 4.79 Å². The molecule has 1 heterocycles. The maximum absolute atomic E-state index is 11.8. The molecular formula is C19H18N2O4. The van der Waals surface area contributed by atoms with Gasteiger partial charge in [0.2, 0.25) is 5.91 Å². The Balaban J connectivity index is 1.97. The fourth-order valence-electron chi connectivity index (χ4n) is 2.67. The number of methoxy groups -OCH3 is 1. The van der Waals surface area contributed by atoms with E-state index in [-0.39, 0.29) is 0 Å². The number of fused-ring (bicyclic) bond motifs is 1. The molecule has 0 spiro atoms. The van der Waals surface area contributed by atoms with Crippen LogP contribution in [0.4, 0.5) is 5.69 Å². The molecule has 25 heavy (non-hydrogen) atoms. The van der Waals surface area contributed by atoms with E-state index in [0.29, 0.717) is 29.1 Å². The minimum atomic E-state index is -0.521. The lowest BCUT2D eigenvalue weighted by Gasteiger charge is -2.13. The molecule has 0 aliphatic carbocycles. The number of hydrogen-bond acceptors (Lipinski definition) is 5. The van der Waals surface area contributed by atoms with Crippen molar-refractivity contribution in [2.24, 2.45) is 5.73 Å². The highest BCUT2D eigenvalue weighted by Crippen LogP contribution is 2.27. The Morgan fingerprint density at radius 3 is 2.72 bits per heavy atom. The van der Waals surface area contributed by atoms with Crippen LogP contribution in [0.1, 0.15) is 21.5 Å². The van der Waals surface area contributed by atoms with Crippen LogP contribution in [0, 0.1) is 6.92 Å². The Kier molecular flexibility index (Phi) is 4.43. The van der Waals surface area contributed by atoms with Crippen LogP contribution in [0.2, 0.25) is 0 Å². The first-order chi connectivity index (χ1) is 12.0. The lowest BCUT2D eigenvalue weighted by molar-refractivity contribution is 0.100. The molecule has 0 unspecified atom stereocenters. The Morgan fingerprint density at radius 1 is 1.20 bits per heavy atom. The van der Waals surface area contributed by atoms with Crippen LogP contribution >= 0.6 is 0 Å². The number of ether oxygens (including phenoxy) is 1. The molecule has 0 bridgehead atoms. The molecule has 3 rings (SSSR count). The third-order valence-corrected chi connectivity index (χ3v) is 3.94. The first-order valence-electron chi connectivity index (χ1n) is 7.73. The van der Waals surface area contributed by atoms with Crippen molar-refractivity contribution in [2.45, 2.75) is 13.5 Å². The zero-order chi connectivity index (χ0) is 18.0. The lowest BCUT2D eigenvalue weighted by Crippen LogP contribution is -2.12. The van der Waals surface area contributed by atoms with E-state index in [2.05, 4.69) is 5.32 Å². The Labute approximate surface area is 144 Å². The molecule has 2 aromatic carbocycles. The molecule has 128 valence electrons. The van der Waals surface area contributed by atoms with Crippen molar-refractivity contribution >= 4 is 22.6 Å². The molecule has 0 fully saturated rings. The quantitative estimate of drug-likeness (QED) is 0.698. The molecule has 3 aromatic rings. The van der Waals surface area contributed by atoms with Crippen molar-refractivity contribution in [3.63, 3.8) is 0 Å². The van der Waals surface area contributed by atoms with Crippen LogP contribution in [0.5, 0.6) is 5.75 Å². The maximum Gasteiger partial charge on any atom is 0.336 e. The molecule has 0 atom stereocenters. The maximum atomic E-state index is 11.8. The highest BCUT2D eigenvalue weighted by Gasteiger charge is 2.10. The van der Waals surface area contributed by atoms with Gasteiger partial charge >= 0.3 is 5.63 Å². The first kappa shape index (κ1) is 16.6. The second-order valence-corrected chi connectivity index (χ2v) is 5.72. The van der Waals surface area contributed by atoms with Crippen LogP contribution in [0.25, 0.3) is 11.0 Å². The summed E-state index contributed by atoms with van der Waals surface area (Å²) < 4.78 is 10.6. The molecule has 0 saturated heterocycles. The van der Waals surface area contributed by atoms with Gasteiger partial charge in [0.05, 0.1) is 12.8 Å². The second-order valence-electron chi connectivity index (χ2n) is 5.72. The van der Waals surface area contributed by atoms with Crippen LogP contribution in [-0.2, 0) is 6.54 Å². The van der Waals surface area contributed by atoms with E-state index in [0.717, 1.165) is 16.5 Å². The largest absolute Gasteiger partial charge is 0.495 e. The van der Waals surface area contributed by atoms with Crippen LogP contribution in [0.3, 0.4) is 0 Å². The highest BCUT2D eigenvalue weighted by molar-refractivity contribution is 5.94. The topological polar surface area (TPSA) is 94.6 Å². The van der Waals surface area contributed by atoms with E-state index >= 15 is 0 Å². The minimum Gasteiger partial charge on any atom is -0.495 e. The van der Waals surface area contributed by atoms with Gasteiger partial charge in [0.15, 0.2) is 0 Å². The van der Waals surface area contributed by atoms with E-state index in [9.17, 15) is 9.59 Å². The average molecular weight is 338 g/mol. The van der Waals surface area contributed by atoms with Crippen molar-refractivity contribution < 1.29 is 13.9 Å². The van der Waals surface area contributed by atoms with Gasteiger partial charge in [-0.05, 0) is 42.3 Å². The lowest BCUT2D eigenvalue weighted by atomic mass is 10.1. The molecule has 0 saturated carbocycles. The number of aryl methyl sites for hydroxylation is 1. The normalized spacial score (nSPS) is 10.6. The van der Waals surface area contributed by atoms with E-state index in [1.807, 2.05) is 25.1 Å². The second kappa shape index (κ2) is 6.68. The molecule has 0 aliphatic heterocycles. The van der Waals surface area contributed by atoms with Gasteiger partial charge in [0, 0.05) is 23.6 Å². The van der Waals surface area contributed by atoms with E-state index in [1.54, 1.807) is 25.3 Å². The Morgan fingerprint density at radius 2 is 2.00 bits per heavy atom. The predicted molar refractivity (Wildman–Crippen MR) is 96.1 cm³/mol. The number of primary amides is 1. The first-order valence-corrected chi connectivity index (χ1v) is 7.73. The number of carbonyl (C=O) groups excluding carboxylic acids is 1. The summed E-state index contributed by atoms with van der Waals surface area (Å²) in [6.07, 6.45) is 0. The third kappa shape index (κ3) is 3.47. The number of hydrogen-bond donors (Lipinski definition) is 2. The van der Waals surface area contributed by atoms with Gasteiger partial charge in [-0.15, -0.1) is 0 Å². The number of benzene rings is 2. The average Bonchev–Trinajstić information content (AvgIpc) is 2.58. The number of nitrogens with one attached hydrogen (secondary N) is 1. The molecule has 6 nitrogen and oxygen atoms in total. The smallest absolute Gasteiger partial charge is 0.336 e. The fourth-order valence-corrected chi connectivity index (χ4v) is 2.67. The third-order valence-electron chi connectivity index (χ3n) is 3.94. The fraction of sp³-hybridized carbons (Fsp3) is 0.158. The molecule has 0 aliphatic rings. The van der Waals surface area contributed by atoms with Crippen LogP contribution in [-0.4, -0.2) is 13.0 Å². The summed E-state index contributed by atoms with van der Waals surface area (Å²) in [4.78, 5) is 23.2. The van der Waals surface area contributed by atoms with E-state index < -0.39 is 11.5 Å². The highest BCUT2D eigenvalue weighted by atomic mass is 16.5. The zero-order valence-electron chi connectivity index (χ0n) is 14.0.